The summed E-state index contributed by atoms with van der Waals surface area (Å²) in [7, 11) is 3.95. The number of hydrogen-bond donors (Lipinski definition) is 0. The van der Waals surface area contributed by atoms with Crippen molar-refractivity contribution >= 4 is 11.5 Å². The standard InChI is InChI=1S/C14H17N3O/c1-4-17-10-9-15-14(17)13(18)11-5-7-12(8-6-11)16(2)3/h5-10H,4H2,1-3H3. The Bertz CT molecular complexity index is 540. The van der Waals surface area contributed by atoms with Crippen LogP contribution in [-0.4, -0.2) is 29.4 Å². The Morgan fingerprint density at radius 2 is 1.94 bits per heavy atom. The molecule has 0 saturated heterocycles. The molecular formula is C14H17N3O. The molecule has 0 unspecified atom stereocenters. The van der Waals surface area contributed by atoms with Gasteiger partial charge in [0.15, 0.2) is 5.82 Å². The van der Waals surface area contributed by atoms with E-state index in [4.69, 9.17) is 0 Å². The highest BCUT2D eigenvalue weighted by Crippen LogP contribution is 2.14. The summed E-state index contributed by atoms with van der Waals surface area (Å²) in [6, 6.07) is 7.55. The van der Waals surface area contributed by atoms with Crippen LogP contribution < -0.4 is 4.90 Å². The zero-order chi connectivity index (χ0) is 13.1. The highest BCUT2D eigenvalue weighted by atomic mass is 16.1. The van der Waals surface area contributed by atoms with Gasteiger partial charge in [-0.25, -0.2) is 4.98 Å². The number of rotatable bonds is 4. The van der Waals surface area contributed by atoms with Gasteiger partial charge in [0.2, 0.25) is 5.78 Å². The highest BCUT2D eigenvalue weighted by Gasteiger charge is 2.14. The number of hydrogen-bond acceptors (Lipinski definition) is 3. The number of ketones is 1. The fourth-order valence-electron chi connectivity index (χ4n) is 1.81. The van der Waals surface area contributed by atoms with E-state index in [9.17, 15) is 4.79 Å². The molecule has 1 aromatic heterocycles. The molecule has 0 aliphatic carbocycles. The van der Waals surface area contributed by atoms with E-state index in [1.54, 1.807) is 6.20 Å². The van der Waals surface area contributed by atoms with Crippen LogP contribution in [0.5, 0.6) is 0 Å². The van der Waals surface area contributed by atoms with Crippen molar-refractivity contribution in [1.29, 1.82) is 0 Å². The van der Waals surface area contributed by atoms with Crippen LogP contribution in [0.25, 0.3) is 0 Å². The second kappa shape index (κ2) is 5.04. The Morgan fingerprint density at radius 1 is 1.28 bits per heavy atom. The predicted octanol–water partition coefficient (Wildman–Crippen LogP) is 2.20. The van der Waals surface area contributed by atoms with Crippen LogP contribution in [0.4, 0.5) is 5.69 Å². The van der Waals surface area contributed by atoms with Gasteiger partial charge in [-0.3, -0.25) is 4.79 Å². The molecule has 2 aromatic rings. The molecule has 0 amide bonds. The van der Waals surface area contributed by atoms with E-state index in [1.807, 2.05) is 60.9 Å². The zero-order valence-corrected chi connectivity index (χ0v) is 10.9. The van der Waals surface area contributed by atoms with Gasteiger partial charge in [0.25, 0.3) is 0 Å². The largest absolute Gasteiger partial charge is 0.378 e. The fourth-order valence-corrected chi connectivity index (χ4v) is 1.81. The zero-order valence-electron chi connectivity index (χ0n) is 10.9. The molecule has 0 spiro atoms. The number of carbonyl (C=O) groups is 1. The summed E-state index contributed by atoms with van der Waals surface area (Å²) >= 11 is 0. The van der Waals surface area contributed by atoms with Crippen LogP contribution in [0.1, 0.15) is 23.1 Å². The first-order chi connectivity index (χ1) is 8.63. The minimum absolute atomic E-state index is 0.0350. The molecule has 0 atom stereocenters. The molecule has 0 radical (unpaired) electrons. The smallest absolute Gasteiger partial charge is 0.228 e. The summed E-state index contributed by atoms with van der Waals surface area (Å²) in [4.78, 5) is 18.4. The van der Waals surface area contributed by atoms with Crippen LogP contribution in [0, 0.1) is 0 Å². The van der Waals surface area contributed by atoms with Crippen molar-refractivity contribution in [2.24, 2.45) is 0 Å². The second-order valence-corrected chi connectivity index (χ2v) is 4.31. The maximum absolute atomic E-state index is 12.3. The van der Waals surface area contributed by atoms with E-state index in [0.717, 1.165) is 12.2 Å². The first-order valence-electron chi connectivity index (χ1n) is 5.96. The van der Waals surface area contributed by atoms with Crippen LogP contribution in [-0.2, 0) is 6.54 Å². The number of anilines is 1. The molecule has 1 heterocycles. The van der Waals surface area contributed by atoms with Gasteiger partial charge in [0.05, 0.1) is 0 Å². The topological polar surface area (TPSA) is 38.1 Å². The Kier molecular flexibility index (Phi) is 3.46. The summed E-state index contributed by atoms with van der Waals surface area (Å²) in [5.41, 5.74) is 1.74. The predicted molar refractivity (Wildman–Crippen MR) is 72.1 cm³/mol. The van der Waals surface area contributed by atoms with Gasteiger partial charge >= 0.3 is 0 Å². The van der Waals surface area contributed by atoms with Crippen LogP contribution >= 0.6 is 0 Å². The Hall–Kier alpha value is -2.10. The molecule has 0 N–H and O–H groups in total. The molecule has 0 aliphatic rings. The number of imidazole rings is 1. The lowest BCUT2D eigenvalue weighted by Crippen LogP contribution is -2.12. The molecule has 0 fully saturated rings. The third-order valence-corrected chi connectivity index (χ3v) is 2.91. The lowest BCUT2D eigenvalue weighted by atomic mass is 10.1. The van der Waals surface area contributed by atoms with Crippen molar-refractivity contribution < 1.29 is 4.79 Å². The average molecular weight is 243 g/mol. The van der Waals surface area contributed by atoms with Crippen LogP contribution in [0.3, 0.4) is 0 Å². The van der Waals surface area contributed by atoms with Crippen molar-refractivity contribution in [3.8, 4) is 0 Å². The first-order valence-corrected chi connectivity index (χ1v) is 5.96. The molecule has 0 aliphatic heterocycles. The highest BCUT2D eigenvalue weighted by molar-refractivity contribution is 6.06. The second-order valence-electron chi connectivity index (χ2n) is 4.31. The maximum Gasteiger partial charge on any atom is 0.228 e. The minimum Gasteiger partial charge on any atom is -0.378 e. The van der Waals surface area contributed by atoms with Crippen molar-refractivity contribution in [2.75, 3.05) is 19.0 Å². The van der Waals surface area contributed by atoms with Crippen LogP contribution in [0.15, 0.2) is 36.7 Å². The lowest BCUT2D eigenvalue weighted by molar-refractivity contribution is 0.102. The monoisotopic (exact) mass is 243 g/mol. The number of aryl methyl sites for hydroxylation is 1. The van der Waals surface area contributed by atoms with E-state index < -0.39 is 0 Å². The van der Waals surface area contributed by atoms with Gasteiger partial charge in [0.1, 0.15) is 0 Å². The van der Waals surface area contributed by atoms with E-state index in [0.29, 0.717) is 11.4 Å². The van der Waals surface area contributed by atoms with E-state index in [-0.39, 0.29) is 5.78 Å². The summed E-state index contributed by atoms with van der Waals surface area (Å²) < 4.78 is 1.85. The average Bonchev–Trinajstić information content (AvgIpc) is 2.86. The summed E-state index contributed by atoms with van der Waals surface area (Å²) in [6.45, 7) is 2.74. The van der Waals surface area contributed by atoms with Gasteiger partial charge in [-0.15, -0.1) is 0 Å². The van der Waals surface area contributed by atoms with Gasteiger partial charge in [0, 0.05) is 44.3 Å². The molecule has 0 bridgehead atoms. The molecule has 18 heavy (non-hydrogen) atoms. The van der Waals surface area contributed by atoms with Crippen molar-refractivity contribution in [2.45, 2.75) is 13.5 Å². The Morgan fingerprint density at radius 3 is 2.50 bits per heavy atom. The normalized spacial score (nSPS) is 10.4. The molecular weight excluding hydrogens is 226 g/mol. The molecule has 0 saturated carbocycles. The number of benzene rings is 1. The van der Waals surface area contributed by atoms with E-state index in [1.165, 1.54) is 0 Å². The quantitative estimate of drug-likeness (QED) is 0.773. The SMILES string of the molecule is CCn1ccnc1C(=O)c1ccc(N(C)C)cc1. The number of nitrogens with zero attached hydrogens (tertiary/aromatic N) is 3. The van der Waals surface area contributed by atoms with Gasteiger partial charge in [-0.2, -0.15) is 0 Å². The van der Waals surface area contributed by atoms with Gasteiger partial charge in [-0.1, -0.05) is 0 Å². The molecule has 4 nitrogen and oxygen atoms in total. The minimum atomic E-state index is -0.0350. The Balaban J connectivity index is 2.29. The number of carbonyl (C=O) groups excluding carboxylic acids is 1. The lowest BCUT2D eigenvalue weighted by Gasteiger charge is -2.12. The fraction of sp³-hybridized carbons (Fsp3) is 0.286. The van der Waals surface area contributed by atoms with Crippen molar-refractivity contribution in [1.82, 2.24) is 9.55 Å². The summed E-state index contributed by atoms with van der Waals surface area (Å²) in [6.07, 6.45) is 3.48. The molecule has 94 valence electrons. The third-order valence-electron chi connectivity index (χ3n) is 2.91. The van der Waals surface area contributed by atoms with Gasteiger partial charge in [-0.05, 0) is 31.2 Å². The maximum atomic E-state index is 12.3. The summed E-state index contributed by atoms with van der Waals surface area (Å²) in [5.74, 6) is 0.460. The molecule has 1 aromatic carbocycles. The van der Waals surface area contributed by atoms with Crippen molar-refractivity contribution in [3.05, 3.63) is 48.0 Å². The molecule has 2 rings (SSSR count). The molecule has 4 heteroatoms. The number of aromatic nitrogens is 2. The Labute approximate surface area is 107 Å². The van der Waals surface area contributed by atoms with Crippen LogP contribution in [0.2, 0.25) is 0 Å². The van der Waals surface area contributed by atoms with E-state index in [2.05, 4.69) is 4.98 Å². The third kappa shape index (κ3) is 2.27. The van der Waals surface area contributed by atoms with E-state index >= 15 is 0 Å². The first kappa shape index (κ1) is 12.4. The van der Waals surface area contributed by atoms with Crippen molar-refractivity contribution in [3.63, 3.8) is 0 Å². The summed E-state index contributed by atoms with van der Waals surface area (Å²) in [5, 5.41) is 0. The van der Waals surface area contributed by atoms with Gasteiger partial charge < -0.3 is 9.47 Å².